The minimum absolute atomic E-state index is 1.02. The first-order valence-corrected chi connectivity index (χ1v) is 7.36. The zero-order chi connectivity index (χ0) is 14.2. The van der Waals surface area contributed by atoms with Crippen LogP contribution in [-0.4, -0.2) is 0 Å². The number of para-hydroxylation sites is 1. The molecule has 0 fully saturated rings. The number of anilines is 2. The minimum Gasteiger partial charge on any atom is -0.355 e. The summed E-state index contributed by atoms with van der Waals surface area (Å²) in [6.07, 6.45) is 1.02. The smallest absolute Gasteiger partial charge is 0.0426 e. The summed E-state index contributed by atoms with van der Waals surface area (Å²) in [5.41, 5.74) is 9.36. The van der Waals surface area contributed by atoms with Crippen LogP contribution < -0.4 is 5.32 Å². The van der Waals surface area contributed by atoms with Gasteiger partial charge in [0.15, 0.2) is 0 Å². The maximum absolute atomic E-state index is 3.57. The molecule has 1 aliphatic rings. The molecule has 1 aliphatic carbocycles. The first-order chi connectivity index (χ1) is 10.3. The van der Waals surface area contributed by atoms with E-state index in [2.05, 4.69) is 72.9 Å². The Balaban J connectivity index is 1.83. The standard InChI is InChI=1S/C20H17N/c1-14-11-12-19(21-16-8-3-2-4-9-16)18-13-15-7-5-6-10-17(15)20(14)18/h2-12,21H,13H2,1H3. The molecule has 102 valence electrons. The molecule has 3 aromatic rings. The Morgan fingerprint density at radius 1 is 0.810 bits per heavy atom. The van der Waals surface area contributed by atoms with Crippen molar-refractivity contribution in [2.24, 2.45) is 0 Å². The van der Waals surface area contributed by atoms with Crippen LogP contribution in [0.4, 0.5) is 11.4 Å². The van der Waals surface area contributed by atoms with Crippen molar-refractivity contribution in [1.82, 2.24) is 0 Å². The zero-order valence-electron chi connectivity index (χ0n) is 12.1. The summed E-state index contributed by atoms with van der Waals surface area (Å²) in [6.45, 7) is 2.20. The van der Waals surface area contributed by atoms with E-state index in [1.807, 2.05) is 6.07 Å². The first-order valence-electron chi connectivity index (χ1n) is 7.36. The third-order valence-electron chi connectivity index (χ3n) is 4.23. The molecule has 0 aromatic heterocycles. The Hall–Kier alpha value is -2.54. The molecular weight excluding hydrogens is 254 g/mol. The summed E-state index contributed by atoms with van der Waals surface area (Å²) in [4.78, 5) is 0. The van der Waals surface area contributed by atoms with Crippen LogP contribution in [0, 0.1) is 6.92 Å². The van der Waals surface area contributed by atoms with Crippen LogP contribution in [-0.2, 0) is 6.42 Å². The van der Waals surface area contributed by atoms with Crippen LogP contribution in [0.5, 0.6) is 0 Å². The lowest BCUT2D eigenvalue weighted by molar-refractivity contribution is 1.25. The van der Waals surface area contributed by atoms with E-state index >= 15 is 0 Å². The molecule has 0 heterocycles. The second kappa shape index (κ2) is 4.78. The molecule has 0 bridgehead atoms. The molecule has 0 saturated carbocycles. The van der Waals surface area contributed by atoms with Gasteiger partial charge in [-0.25, -0.2) is 0 Å². The van der Waals surface area contributed by atoms with Crippen LogP contribution in [0.1, 0.15) is 16.7 Å². The Morgan fingerprint density at radius 2 is 1.57 bits per heavy atom. The van der Waals surface area contributed by atoms with Gasteiger partial charge in [0.2, 0.25) is 0 Å². The third-order valence-corrected chi connectivity index (χ3v) is 4.23. The quantitative estimate of drug-likeness (QED) is 0.521. The van der Waals surface area contributed by atoms with E-state index in [9.17, 15) is 0 Å². The molecule has 1 nitrogen and oxygen atoms in total. The Labute approximate surface area is 125 Å². The van der Waals surface area contributed by atoms with E-state index in [0.717, 1.165) is 12.1 Å². The predicted molar refractivity (Wildman–Crippen MR) is 89.1 cm³/mol. The Kier molecular flexibility index (Phi) is 2.78. The summed E-state index contributed by atoms with van der Waals surface area (Å²) in [5.74, 6) is 0. The number of hydrogen-bond donors (Lipinski definition) is 1. The Bertz CT molecular complexity index is 803. The van der Waals surface area contributed by atoms with E-state index in [1.54, 1.807) is 0 Å². The molecule has 0 aliphatic heterocycles. The number of rotatable bonds is 2. The lowest BCUT2D eigenvalue weighted by Crippen LogP contribution is -1.96. The van der Waals surface area contributed by atoms with Crippen LogP contribution in [0.15, 0.2) is 66.7 Å². The van der Waals surface area contributed by atoms with E-state index < -0.39 is 0 Å². The molecular formula is C20H17N. The van der Waals surface area contributed by atoms with Crippen molar-refractivity contribution in [2.75, 3.05) is 5.32 Å². The van der Waals surface area contributed by atoms with E-state index in [0.29, 0.717) is 0 Å². The van der Waals surface area contributed by atoms with Gasteiger partial charge in [-0.15, -0.1) is 0 Å². The highest BCUT2D eigenvalue weighted by Crippen LogP contribution is 2.42. The van der Waals surface area contributed by atoms with Crippen molar-refractivity contribution in [3.63, 3.8) is 0 Å². The van der Waals surface area contributed by atoms with Crippen LogP contribution in [0.2, 0.25) is 0 Å². The highest BCUT2D eigenvalue weighted by Gasteiger charge is 2.22. The molecule has 0 unspecified atom stereocenters. The average molecular weight is 271 g/mol. The molecule has 0 atom stereocenters. The van der Waals surface area contributed by atoms with Gasteiger partial charge in [-0.3, -0.25) is 0 Å². The average Bonchev–Trinajstić information content (AvgIpc) is 2.92. The van der Waals surface area contributed by atoms with Gasteiger partial charge < -0.3 is 5.32 Å². The fraction of sp³-hybridized carbons (Fsp3) is 0.100. The summed E-state index contributed by atoms with van der Waals surface area (Å²) >= 11 is 0. The molecule has 0 radical (unpaired) electrons. The SMILES string of the molecule is Cc1ccc(Nc2ccccc2)c2c1-c1ccccc1C2. The maximum atomic E-state index is 3.57. The molecule has 21 heavy (non-hydrogen) atoms. The van der Waals surface area contributed by atoms with Crippen LogP contribution in [0.3, 0.4) is 0 Å². The largest absolute Gasteiger partial charge is 0.355 e. The first kappa shape index (κ1) is 12.2. The van der Waals surface area contributed by atoms with Gasteiger partial charge in [-0.1, -0.05) is 48.5 Å². The van der Waals surface area contributed by atoms with Gasteiger partial charge in [0.05, 0.1) is 0 Å². The van der Waals surface area contributed by atoms with E-state index in [-0.39, 0.29) is 0 Å². The van der Waals surface area contributed by atoms with Gasteiger partial charge in [0, 0.05) is 17.8 Å². The summed E-state index contributed by atoms with van der Waals surface area (Å²) < 4.78 is 0. The number of benzene rings is 3. The summed E-state index contributed by atoms with van der Waals surface area (Å²) in [6, 6.07) is 23.5. The number of nitrogens with one attached hydrogen (secondary N) is 1. The van der Waals surface area contributed by atoms with Crippen molar-refractivity contribution in [3.8, 4) is 11.1 Å². The molecule has 0 amide bonds. The number of aryl methyl sites for hydroxylation is 1. The molecule has 0 spiro atoms. The van der Waals surface area contributed by atoms with Gasteiger partial charge in [-0.05, 0) is 52.9 Å². The van der Waals surface area contributed by atoms with Crippen molar-refractivity contribution >= 4 is 11.4 Å². The number of hydrogen-bond acceptors (Lipinski definition) is 1. The van der Waals surface area contributed by atoms with Gasteiger partial charge in [-0.2, -0.15) is 0 Å². The van der Waals surface area contributed by atoms with Gasteiger partial charge in [0.1, 0.15) is 0 Å². The maximum Gasteiger partial charge on any atom is 0.0426 e. The van der Waals surface area contributed by atoms with E-state index in [4.69, 9.17) is 0 Å². The molecule has 1 N–H and O–H groups in total. The fourth-order valence-electron chi connectivity index (χ4n) is 3.23. The molecule has 0 saturated heterocycles. The van der Waals surface area contributed by atoms with Crippen molar-refractivity contribution in [3.05, 3.63) is 83.4 Å². The zero-order valence-corrected chi connectivity index (χ0v) is 12.1. The predicted octanol–water partition coefficient (Wildman–Crippen LogP) is 5.31. The number of fused-ring (bicyclic) bond motifs is 3. The van der Waals surface area contributed by atoms with Crippen molar-refractivity contribution in [2.45, 2.75) is 13.3 Å². The lowest BCUT2D eigenvalue weighted by Gasteiger charge is -2.13. The monoisotopic (exact) mass is 271 g/mol. The topological polar surface area (TPSA) is 12.0 Å². The van der Waals surface area contributed by atoms with Gasteiger partial charge >= 0.3 is 0 Å². The minimum atomic E-state index is 1.02. The normalized spacial score (nSPS) is 11.9. The summed E-state index contributed by atoms with van der Waals surface area (Å²) in [7, 11) is 0. The molecule has 1 heteroatoms. The van der Waals surface area contributed by atoms with Crippen molar-refractivity contribution in [1.29, 1.82) is 0 Å². The molecule has 3 aromatic carbocycles. The Morgan fingerprint density at radius 3 is 2.43 bits per heavy atom. The van der Waals surface area contributed by atoms with Crippen molar-refractivity contribution < 1.29 is 0 Å². The highest BCUT2D eigenvalue weighted by molar-refractivity contribution is 5.85. The van der Waals surface area contributed by atoms with Gasteiger partial charge in [0.25, 0.3) is 0 Å². The third kappa shape index (κ3) is 2.02. The fourth-order valence-corrected chi connectivity index (χ4v) is 3.23. The van der Waals surface area contributed by atoms with Crippen LogP contribution in [0.25, 0.3) is 11.1 Å². The summed E-state index contributed by atoms with van der Waals surface area (Å²) in [5, 5.41) is 3.57. The van der Waals surface area contributed by atoms with Crippen LogP contribution >= 0.6 is 0 Å². The van der Waals surface area contributed by atoms with E-state index in [1.165, 1.54) is 33.5 Å². The lowest BCUT2D eigenvalue weighted by atomic mass is 9.99. The highest BCUT2D eigenvalue weighted by atomic mass is 14.9. The molecule has 4 rings (SSSR count). The second-order valence-electron chi connectivity index (χ2n) is 5.61. The second-order valence-corrected chi connectivity index (χ2v) is 5.61.